The second kappa shape index (κ2) is 9.80. The molecule has 0 aromatic heterocycles. The van der Waals surface area contributed by atoms with E-state index in [-0.39, 0.29) is 30.2 Å². The number of nitro benzene ring substituents is 1. The molecule has 0 aliphatic carbocycles. The van der Waals surface area contributed by atoms with E-state index in [1.54, 1.807) is 60.7 Å². The largest absolute Gasteiger partial charge is 0.349 e. The van der Waals surface area contributed by atoms with Gasteiger partial charge in [0.25, 0.3) is 5.69 Å². The average molecular weight is 423 g/mol. The minimum Gasteiger partial charge on any atom is -0.349 e. The van der Waals surface area contributed by atoms with Crippen molar-refractivity contribution in [3.8, 4) is 0 Å². The van der Waals surface area contributed by atoms with E-state index in [0.29, 0.717) is 16.1 Å². The van der Waals surface area contributed by atoms with Crippen molar-refractivity contribution in [3.63, 3.8) is 0 Å². The Morgan fingerprint density at radius 3 is 2.30 bits per heavy atom. The zero-order valence-electron chi connectivity index (χ0n) is 16.0. The van der Waals surface area contributed by atoms with E-state index in [0.717, 1.165) is 5.56 Å². The summed E-state index contributed by atoms with van der Waals surface area (Å²) in [4.78, 5) is 35.6. The van der Waals surface area contributed by atoms with Crippen LogP contribution in [-0.4, -0.2) is 16.6 Å². The highest BCUT2D eigenvalue weighted by Crippen LogP contribution is 2.23. The van der Waals surface area contributed by atoms with Gasteiger partial charge in [-0.25, -0.2) is 0 Å². The molecule has 7 heteroatoms. The summed E-state index contributed by atoms with van der Waals surface area (Å²) in [6.07, 6.45) is 0.116. The third-order valence-electron chi connectivity index (χ3n) is 4.58. The molecule has 0 radical (unpaired) electrons. The van der Waals surface area contributed by atoms with Crippen LogP contribution in [0, 0.1) is 10.1 Å². The molecular weight excluding hydrogens is 404 g/mol. The molecule has 1 N–H and O–H groups in total. The number of rotatable bonds is 8. The monoisotopic (exact) mass is 422 g/mol. The fourth-order valence-electron chi connectivity index (χ4n) is 3.07. The van der Waals surface area contributed by atoms with Gasteiger partial charge in [0, 0.05) is 29.1 Å². The minimum atomic E-state index is -0.554. The van der Waals surface area contributed by atoms with Crippen LogP contribution in [0.1, 0.15) is 33.9 Å². The van der Waals surface area contributed by atoms with Crippen molar-refractivity contribution in [2.75, 3.05) is 0 Å². The smallest absolute Gasteiger partial charge is 0.269 e. The first-order valence-electron chi connectivity index (χ1n) is 9.29. The van der Waals surface area contributed by atoms with Gasteiger partial charge in [0.05, 0.1) is 17.4 Å². The molecule has 0 saturated carbocycles. The Bertz CT molecular complexity index is 1050. The molecule has 0 aliphatic heterocycles. The lowest BCUT2D eigenvalue weighted by Crippen LogP contribution is -2.31. The molecule has 152 valence electrons. The summed E-state index contributed by atoms with van der Waals surface area (Å²) in [6.45, 7) is 0. The number of amides is 1. The highest BCUT2D eigenvalue weighted by Gasteiger charge is 2.20. The van der Waals surface area contributed by atoms with Crippen LogP contribution in [-0.2, 0) is 11.2 Å². The van der Waals surface area contributed by atoms with Crippen molar-refractivity contribution in [1.82, 2.24) is 5.32 Å². The normalized spacial score (nSPS) is 11.5. The lowest BCUT2D eigenvalue weighted by atomic mass is 9.97. The van der Waals surface area contributed by atoms with Crippen LogP contribution in [0.5, 0.6) is 0 Å². The molecule has 0 spiro atoms. The molecule has 0 bridgehead atoms. The number of Topliss-reactive ketones (excluding diaryl/α,β-unsaturated/α-hetero) is 1. The summed E-state index contributed by atoms with van der Waals surface area (Å²) in [5.74, 6) is -0.397. The third-order valence-corrected chi connectivity index (χ3v) is 4.82. The summed E-state index contributed by atoms with van der Waals surface area (Å²) in [5.41, 5.74) is 1.89. The average Bonchev–Trinajstić information content (AvgIpc) is 2.74. The number of hydrogen-bond acceptors (Lipinski definition) is 4. The molecule has 0 fully saturated rings. The second-order valence-electron chi connectivity index (χ2n) is 6.77. The lowest BCUT2D eigenvalue weighted by Gasteiger charge is -2.19. The Labute approximate surface area is 178 Å². The van der Waals surface area contributed by atoms with Gasteiger partial charge in [-0.2, -0.15) is 0 Å². The fourth-order valence-corrected chi connectivity index (χ4v) is 3.27. The van der Waals surface area contributed by atoms with Gasteiger partial charge in [0.2, 0.25) is 5.91 Å². The molecule has 1 unspecified atom stereocenters. The van der Waals surface area contributed by atoms with Crippen LogP contribution in [0.15, 0.2) is 78.9 Å². The Morgan fingerprint density at radius 2 is 1.67 bits per heavy atom. The van der Waals surface area contributed by atoms with Crippen molar-refractivity contribution in [1.29, 1.82) is 0 Å². The Morgan fingerprint density at radius 1 is 0.967 bits per heavy atom. The molecule has 6 nitrogen and oxygen atoms in total. The van der Waals surface area contributed by atoms with Crippen LogP contribution in [0.2, 0.25) is 5.02 Å². The number of non-ortho nitro benzene ring substituents is 1. The van der Waals surface area contributed by atoms with E-state index in [2.05, 4.69) is 5.32 Å². The van der Waals surface area contributed by atoms with Crippen molar-refractivity contribution in [2.45, 2.75) is 18.9 Å². The maximum Gasteiger partial charge on any atom is 0.269 e. The molecule has 1 atom stereocenters. The fraction of sp³-hybridized carbons (Fsp3) is 0.130. The van der Waals surface area contributed by atoms with Gasteiger partial charge >= 0.3 is 0 Å². The lowest BCUT2D eigenvalue weighted by molar-refractivity contribution is -0.384. The van der Waals surface area contributed by atoms with Gasteiger partial charge in [-0.3, -0.25) is 19.7 Å². The number of halogens is 1. The summed E-state index contributed by atoms with van der Waals surface area (Å²) < 4.78 is 0. The van der Waals surface area contributed by atoms with Gasteiger partial charge in [-0.15, -0.1) is 0 Å². The number of nitro groups is 1. The Kier molecular flexibility index (Phi) is 6.93. The first-order valence-corrected chi connectivity index (χ1v) is 9.66. The van der Waals surface area contributed by atoms with E-state index in [1.165, 1.54) is 12.1 Å². The van der Waals surface area contributed by atoms with Gasteiger partial charge in [-0.05, 0) is 23.3 Å². The van der Waals surface area contributed by atoms with Crippen molar-refractivity contribution in [3.05, 3.63) is 111 Å². The maximum absolute atomic E-state index is 12.7. The Balaban J connectivity index is 1.75. The van der Waals surface area contributed by atoms with Crippen LogP contribution >= 0.6 is 11.6 Å². The van der Waals surface area contributed by atoms with Crippen LogP contribution in [0.25, 0.3) is 0 Å². The number of nitrogens with one attached hydrogen (secondary N) is 1. The molecular formula is C23H19ClN2O4. The number of benzene rings is 3. The summed E-state index contributed by atoms with van der Waals surface area (Å²) >= 11 is 6.10. The molecule has 30 heavy (non-hydrogen) atoms. The first-order chi connectivity index (χ1) is 14.4. The molecule has 0 saturated heterocycles. The first kappa shape index (κ1) is 21.2. The summed E-state index contributed by atoms with van der Waals surface area (Å²) in [7, 11) is 0. The second-order valence-corrected chi connectivity index (χ2v) is 7.21. The van der Waals surface area contributed by atoms with Crippen LogP contribution < -0.4 is 5.32 Å². The van der Waals surface area contributed by atoms with E-state index in [1.807, 2.05) is 6.07 Å². The summed E-state index contributed by atoms with van der Waals surface area (Å²) in [5, 5.41) is 14.2. The van der Waals surface area contributed by atoms with Gasteiger partial charge in [0.1, 0.15) is 0 Å². The number of hydrogen-bond donors (Lipinski definition) is 1. The molecule has 0 heterocycles. The van der Waals surface area contributed by atoms with Crippen molar-refractivity contribution < 1.29 is 14.5 Å². The number of ketones is 1. The topological polar surface area (TPSA) is 89.3 Å². The third kappa shape index (κ3) is 5.75. The number of nitrogens with zero attached hydrogens (tertiary/aromatic N) is 1. The SMILES string of the molecule is O=C(Cc1ccc([N+](=O)[O-])cc1)NC(CC(=O)c1ccccc1)c1cccc(Cl)c1. The predicted octanol–water partition coefficient (Wildman–Crippen LogP) is 4.92. The highest BCUT2D eigenvalue weighted by atomic mass is 35.5. The number of carbonyl (C=O) groups is 2. The number of carbonyl (C=O) groups excluding carboxylic acids is 2. The Hall–Kier alpha value is -3.51. The molecule has 1 amide bonds. The highest BCUT2D eigenvalue weighted by molar-refractivity contribution is 6.30. The van der Waals surface area contributed by atoms with E-state index in [9.17, 15) is 19.7 Å². The van der Waals surface area contributed by atoms with Gasteiger partial charge < -0.3 is 5.32 Å². The van der Waals surface area contributed by atoms with E-state index in [4.69, 9.17) is 11.6 Å². The van der Waals surface area contributed by atoms with Crippen LogP contribution in [0.4, 0.5) is 5.69 Å². The molecule has 3 rings (SSSR count). The minimum absolute atomic E-state index is 0.0363. The molecule has 3 aromatic carbocycles. The van der Waals surface area contributed by atoms with Crippen LogP contribution in [0.3, 0.4) is 0 Å². The van der Waals surface area contributed by atoms with E-state index < -0.39 is 11.0 Å². The zero-order valence-corrected chi connectivity index (χ0v) is 16.7. The standard InChI is InChI=1S/C23H19ClN2O4/c24-19-8-4-7-18(14-19)21(15-22(27)17-5-2-1-3-6-17)25-23(28)13-16-9-11-20(12-10-16)26(29)30/h1-12,14,21H,13,15H2,(H,25,28). The quantitative estimate of drug-likeness (QED) is 0.317. The zero-order chi connectivity index (χ0) is 21.5. The van der Waals surface area contributed by atoms with Crippen molar-refractivity contribution >= 4 is 29.0 Å². The molecule has 0 aliphatic rings. The van der Waals surface area contributed by atoms with Gasteiger partial charge in [0.15, 0.2) is 5.78 Å². The maximum atomic E-state index is 12.7. The van der Waals surface area contributed by atoms with Crippen molar-refractivity contribution in [2.24, 2.45) is 0 Å². The predicted molar refractivity (Wildman–Crippen MR) is 115 cm³/mol. The molecule has 3 aromatic rings. The summed E-state index contributed by atoms with van der Waals surface area (Å²) in [6, 6.07) is 21.1. The van der Waals surface area contributed by atoms with E-state index >= 15 is 0 Å². The van der Waals surface area contributed by atoms with Gasteiger partial charge in [-0.1, -0.05) is 66.2 Å².